The molecule has 12 heteroatoms. The normalized spacial score (nSPS) is 11.3. The van der Waals surface area contributed by atoms with Crippen LogP contribution in [0.5, 0.6) is 11.6 Å². The number of alkyl halides is 3. The van der Waals surface area contributed by atoms with E-state index in [0.717, 1.165) is 12.1 Å². The van der Waals surface area contributed by atoms with Crippen molar-refractivity contribution >= 4 is 33.7 Å². The third-order valence-electron chi connectivity index (χ3n) is 3.20. The molecule has 146 valence electrons. The Bertz CT molecular complexity index is 1040. The summed E-state index contributed by atoms with van der Waals surface area (Å²) in [6.45, 7) is 0. The van der Waals surface area contributed by atoms with Gasteiger partial charge in [-0.05, 0) is 30.3 Å². The fraction of sp³-hybridized carbons (Fsp3) is 0.0625. The third kappa shape index (κ3) is 4.93. The van der Waals surface area contributed by atoms with E-state index in [1.54, 1.807) is 6.07 Å². The lowest BCUT2D eigenvalue weighted by Gasteiger charge is -2.12. The van der Waals surface area contributed by atoms with Crippen LogP contribution in [0.3, 0.4) is 0 Å². The number of aromatic nitrogens is 3. The predicted molar refractivity (Wildman–Crippen MR) is 94.8 cm³/mol. The minimum Gasteiger partial charge on any atom is -0.449 e. The van der Waals surface area contributed by atoms with Crippen molar-refractivity contribution in [2.24, 2.45) is 0 Å². The van der Waals surface area contributed by atoms with Crippen molar-refractivity contribution in [3.63, 3.8) is 0 Å². The van der Waals surface area contributed by atoms with Gasteiger partial charge in [0.15, 0.2) is 5.82 Å². The molecule has 0 aliphatic heterocycles. The van der Waals surface area contributed by atoms with Gasteiger partial charge in [0, 0.05) is 16.1 Å². The molecule has 7 nitrogen and oxygen atoms in total. The Kier molecular flexibility index (Phi) is 5.47. The summed E-state index contributed by atoms with van der Waals surface area (Å²) in [6, 6.07) is 9.58. The van der Waals surface area contributed by atoms with Crippen molar-refractivity contribution in [2.75, 3.05) is 0 Å². The average molecular weight is 479 g/mol. The van der Waals surface area contributed by atoms with E-state index < -0.39 is 18.3 Å². The quantitative estimate of drug-likeness (QED) is 0.404. The molecule has 28 heavy (non-hydrogen) atoms. The van der Waals surface area contributed by atoms with Gasteiger partial charge in [-0.15, -0.1) is 18.3 Å². The molecular weight excluding hydrogens is 471 g/mol. The number of rotatable bonds is 4. The number of hydrogen-bond donors (Lipinski definition) is 1. The van der Waals surface area contributed by atoms with Crippen LogP contribution in [0.1, 0.15) is 0 Å². The number of hydrogen-bond acceptors (Lipinski definition) is 5. The van der Waals surface area contributed by atoms with E-state index in [9.17, 15) is 18.0 Å². The fourth-order valence-corrected chi connectivity index (χ4v) is 2.93. The maximum atomic E-state index is 12.6. The van der Waals surface area contributed by atoms with Gasteiger partial charge in [0.2, 0.25) is 5.88 Å². The van der Waals surface area contributed by atoms with Gasteiger partial charge in [-0.25, -0.2) is 14.5 Å². The highest BCUT2D eigenvalue weighted by molar-refractivity contribution is 9.10. The molecule has 0 fully saturated rings. The summed E-state index contributed by atoms with van der Waals surface area (Å²) < 4.78 is 47.7. The van der Waals surface area contributed by atoms with Gasteiger partial charge in [-0.2, -0.15) is 0 Å². The highest BCUT2D eigenvalue weighted by Gasteiger charge is 2.31. The molecule has 0 bridgehead atoms. The summed E-state index contributed by atoms with van der Waals surface area (Å²) in [7, 11) is 0. The van der Waals surface area contributed by atoms with Gasteiger partial charge in [-0.1, -0.05) is 33.6 Å². The minimum absolute atomic E-state index is 0.134. The van der Waals surface area contributed by atoms with Gasteiger partial charge in [0.25, 0.3) is 0 Å². The molecule has 0 amide bonds. The number of ether oxygens (including phenoxy) is 2. The largest absolute Gasteiger partial charge is 0.573 e. The van der Waals surface area contributed by atoms with Crippen LogP contribution in [-0.2, 0) is 0 Å². The Labute approximate surface area is 168 Å². The fourth-order valence-electron chi connectivity index (χ4n) is 2.30. The smallest absolute Gasteiger partial charge is 0.449 e. The zero-order valence-corrected chi connectivity index (χ0v) is 15.8. The van der Waals surface area contributed by atoms with Crippen LogP contribution in [0.2, 0.25) is 5.15 Å². The van der Waals surface area contributed by atoms with Crippen LogP contribution >= 0.6 is 27.5 Å². The lowest BCUT2D eigenvalue weighted by atomic mass is 10.1. The molecule has 1 aromatic carbocycles. The average Bonchev–Trinajstić information content (AvgIpc) is 2.95. The zero-order chi connectivity index (χ0) is 20.5. The maximum Gasteiger partial charge on any atom is 0.573 e. The number of carbonyl (C=O) groups is 1. The molecule has 1 N–H and O–H groups in total. The number of carboxylic acid groups (broad SMARTS) is 1. The van der Waals surface area contributed by atoms with E-state index in [4.69, 9.17) is 16.7 Å². The molecule has 2 heterocycles. The molecule has 0 saturated carbocycles. The third-order valence-corrected chi connectivity index (χ3v) is 3.87. The summed E-state index contributed by atoms with van der Waals surface area (Å²) in [6.07, 6.45) is -6.49. The van der Waals surface area contributed by atoms with Gasteiger partial charge >= 0.3 is 12.5 Å². The summed E-state index contributed by atoms with van der Waals surface area (Å²) in [5, 5.41) is 12.9. The van der Waals surface area contributed by atoms with Crippen molar-refractivity contribution in [3.8, 4) is 28.7 Å². The van der Waals surface area contributed by atoms with Crippen molar-refractivity contribution in [3.05, 3.63) is 52.1 Å². The monoisotopic (exact) mass is 477 g/mol. The van der Waals surface area contributed by atoms with Crippen LogP contribution in [0.15, 0.2) is 46.9 Å². The highest BCUT2D eigenvalue weighted by Crippen LogP contribution is 2.34. The second-order valence-electron chi connectivity index (χ2n) is 5.19. The van der Waals surface area contributed by atoms with Crippen LogP contribution in [-0.4, -0.2) is 32.4 Å². The Morgan fingerprint density at radius 1 is 1.21 bits per heavy atom. The molecule has 3 rings (SSSR count). The van der Waals surface area contributed by atoms with Gasteiger partial charge < -0.3 is 14.6 Å². The van der Waals surface area contributed by atoms with Gasteiger partial charge in [0.1, 0.15) is 10.9 Å². The number of pyridine rings is 1. The van der Waals surface area contributed by atoms with E-state index in [1.807, 2.05) is 0 Å². The van der Waals surface area contributed by atoms with E-state index in [0.29, 0.717) is 0 Å². The van der Waals surface area contributed by atoms with Crippen molar-refractivity contribution in [2.45, 2.75) is 6.36 Å². The second-order valence-corrected chi connectivity index (χ2v) is 6.49. The number of benzene rings is 1. The molecule has 2 aromatic heterocycles. The predicted octanol–water partition coefficient (Wildman–Crippen LogP) is 5.31. The second kappa shape index (κ2) is 7.68. The standard InChI is InChI=1S/C16H8BrClF3N3O4/c17-9-4-8(5-10(6-9)28-16(19,20)21)11-7-14(27-15(25)26)23-24(11)13-3-1-2-12(18)22-13/h1-7H,(H,25,26). The summed E-state index contributed by atoms with van der Waals surface area (Å²) in [5.41, 5.74) is 0.419. The van der Waals surface area contributed by atoms with E-state index >= 15 is 0 Å². The van der Waals surface area contributed by atoms with E-state index in [2.05, 4.69) is 35.5 Å². The Morgan fingerprint density at radius 2 is 1.96 bits per heavy atom. The molecule has 0 saturated heterocycles. The zero-order valence-electron chi connectivity index (χ0n) is 13.4. The Balaban J connectivity index is 2.15. The highest BCUT2D eigenvalue weighted by atomic mass is 79.9. The summed E-state index contributed by atoms with van der Waals surface area (Å²) in [4.78, 5) is 14.9. The first-order chi connectivity index (χ1) is 13.1. The van der Waals surface area contributed by atoms with Gasteiger partial charge in [-0.3, -0.25) is 0 Å². The topological polar surface area (TPSA) is 86.5 Å². The first-order valence-electron chi connectivity index (χ1n) is 7.31. The van der Waals surface area contributed by atoms with Gasteiger partial charge in [0.05, 0.1) is 5.69 Å². The van der Waals surface area contributed by atoms with Crippen LogP contribution < -0.4 is 9.47 Å². The first-order valence-corrected chi connectivity index (χ1v) is 8.48. The molecule has 0 unspecified atom stereocenters. The van der Waals surface area contributed by atoms with Crippen molar-refractivity contribution in [1.82, 2.24) is 14.8 Å². The van der Waals surface area contributed by atoms with Crippen LogP contribution in [0.4, 0.5) is 18.0 Å². The van der Waals surface area contributed by atoms with Crippen LogP contribution in [0.25, 0.3) is 17.1 Å². The first kappa shape index (κ1) is 20.0. The lowest BCUT2D eigenvalue weighted by molar-refractivity contribution is -0.274. The van der Waals surface area contributed by atoms with E-state index in [1.165, 1.54) is 28.9 Å². The Morgan fingerprint density at radius 3 is 2.61 bits per heavy atom. The molecule has 0 aliphatic carbocycles. The molecule has 3 aromatic rings. The van der Waals surface area contributed by atoms with Crippen molar-refractivity contribution < 1.29 is 32.5 Å². The summed E-state index contributed by atoms with van der Waals surface area (Å²) >= 11 is 9.00. The van der Waals surface area contributed by atoms with E-state index in [-0.39, 0.29) is 32.6 Å². The van der Waals surface area contributed by atoms with Crippen LogP contribution in [0, 0.1) is 0 Å². The SMILES string of the molecule is O=C(O)Oc1cc(-c2cc(Br)cc(OC(F)(F)F)c2)n(-c2cccc(Cl)n2)n1. The number of halogens is 5. The molecular formula is C16H8BrClF3N3O4. The maximum absolute atomic E-state index is 12.6. The summed E-state index contributed by atoms with van der Waals surface area (Å²) in [5.74, 6) is -0.590. The molecule has 0 atom stereocenters. The minimum atomic E-state index is -4.88. The molecule has 0 radical (unpaired) electrons. The lowest BCUT2D eigenvalue weighted by Crippen LogP contribution is -2.17. The Hall–Kier alpha value is -2.79. The van der Waals surface area contributed by atoms with Crippen molar-refractivity contribution in [1.29, 1.82) is 0 Å². The number of nitrogens with zero attached hydrogens (tertiary/aromatic N) is 3. The molecule has 0 aliphatic rings. The molecule has 0 spiro atoms.